The summed E-state index contributed by atoms with van der Waals surface area (Å²) >= 11 is 0. The maximum Gasteiger partial charge on any atom is 0.335 e. The van der Waals surface area contributed by atoms with E-state index < -0.39 is 66.7 Å². The zero-order valence-corrected chi connectivity index (χ0v) is 23.1. The highest BCUT2D eigenvalue weighted by molar-refractivity contribution is 6.00. The predicted octanol–water partition coefficient (Wildman–Crippen LogP) is 4.47. The van der Waals surface area contributed by atoms with E-state index in [0.29, 0.717) is 5.56 Å². The highest BCUT2D eigenvalue weighted by atomic mass is 16.6. The first-order valence-electron chi connectivity index (χ1n) is 12.6. The molecule has 0 unspecified atom stereocenters. The summed E-state index contributed by atoms with van der Waals surface area (Å²) in [6.45, 7) is 0. The van der Waals surface area contributed by atoms with Gasteiger partial charge in [-0.1, -0.05) is 30.3 Å². The second kappa shape index (κ2) is 14.0. The van der Waals surface area contributed by atoms with Crippen LogP contribution in [0, 0.1) is 30.3 Å². The topological polar surface area (TPSA) is 282 Å². The van der Waals surface area contributed by atoms with Crippen LogP contribution in [0.5, 0.6) is 23.0 Å². The van der Waals surface area contributed by atoms with Gasteiger partial charge in [0.25, 0.3) is 5.69 Å². The van der Waals surface area contributed by atoms with Crippen molar-refractivity contribution in [3.8, 4) is 23.0 Å². The summed E-state index contributed by atoms with van der Waals surface area (Å²) in [5.74, 6) is -5.71. The molecule has 0 bridgehead atoms. The van der Waals surface area contributed by atoms with Crippen molar-refractivity contribution < 1.29 is 54.7 Å². The van der Waals surface area contributed by atoms with Gasteiger partial charge in [-0.15, -0.1) is 0 Å². The fourth-order valence-corrected chi connectivity index (χ4v) is 3.97. The number of phenols is 4. The van der Waals surface area contributed by atoms with Crippen LogP contribution in [0.25, 0.3) is 0 Å². The van der Waals surface area contributed by atoms with E-state index in [4.69, 9.17) is 5.11 Å². The highest BCUT2D eigenvalue weighted by Gasteiger charge is 2.24. The van der Waals surface area contributed by atoms with E-state index in [1.165, 1.54) is 48.5 Å². The molecule has 0 saturated heterocycles. The van der Waals surface area contributed by atoms with Crippen molar-refractivity contribution in [3.05, 3.63) is 131 Å². The molecular weight excluding hydrogens is 614 g/mol. The number of nitro benzene ring substituents is 3. The molecule has 0 fully saturated rings. The maximum absolute atomic E-state index is 12.2. The average molecular weight is 635 g/mol. The maximum atomic E-state index is 12.2. The number of para-hydroxylation sites is 1. The molecule has 17 heteroatoms. The number of carbonyl (C=O) groups is 3. The van der Waals surface area contributed by atoms with Crippen molar-refractivity contribution in [3.63, 3.8) is 0 Å². The van der Waals surface area contributed by atoms with E-state index >= 15 is 0 Å². The van der Waals surface area contributed by atoms with Crippen LogP contribution in [0.1, 0.15) is 42.2 Å². The zero-order valence-electron chi connectivity index (χ0n) is 23.1. The van der Waals surface area contributed by atoms with Crippen LogP contribution in [-0.4, -0.2) is 57.8 Å². The van der Waals surface area contributed by atoms with E-state index in [2.05, 4.69) is 0 Å². The van der Waals surface area contributed by atoms with Gasteiger partial charge in [0.2, 0.25) is 11.5 Å². The van der Waals surface area contributed by atoms with Gasteiger partial charge in [-0.3, -0.25) is 39.9 Å². The Hall–Kier alpha value is -6.91. The summed E-state index contributed by atoms with van der Waals surface area (Å²) in [4.78, 5) is 65.1. The van der Waals surface area contributed by atoms with Crippen molar-refractivity contribution in [1.29, 1.82) is 0 Å². The minimum Gasteiger partial charge on any atom is -0.504 e. The number of carbonyl (C=O) groups excluding carboxylic acids is 2. The average Bonchev–Trinajstić information content (AvgIpc) is 3.00. The van der Waals surface area contributed by atoms with E-state index in [1.54, 1.807) is 0 Å². The molecule has 46 heavy (non-hydrogen) atoms. The van der Waals surface area contributed by atoms with Crippen LogP contribution in [0.15, 0.2) is 72.8 Å². The fourth-order valence-electron chi connectivity index (χ4n) is 3.97. The van der Waals surface area contributed by atoms with Crippen LogP contribution in [0.2, 0.25) is 0 Å². The van der Waals surface area contributed by atoms with Crippen molar-refractivity contribution in [2.75, 3.05) is 0 Å². The Balaban J connectivity index is 0.000000250. The van der Waals surface area contributed by atoms with Crippen molar-refractivity contribution in [1.82, 2.24) is 0 Å². The lowest BCUT2D eigenvalue weighted by atomic mass is 10.0. The Morgan fingerprint density at radius 2 is 1.00 bits per heavy atom. The Labute approximate surface area is 256 Å². The monoisotopic (exact) mass is 635 g/mol. The van der Waals surface area contributed by atoms with Crippen molar-refractivity contribution in [2.45, 2.75) is 12.8 Å². The molecule has 0 aliphatic heterocycles. The SMILES string of the molecule is O=C(Cc1ccccc1[N+](=O)[O-])c1cc(O)c(O)c([N+](=O)[O-])c1.O=C(O)c1ccc(CC(=O)c2cc(O)c(O)c([N+](=O)[O-])c2)cc1. The van der Waals surface area contributed by atoms with Gasteiger partial charge >= 0.3 is 17.3 Å². The molecule has 0 saturated carbocycles. The number of aromatic carboxylic acids is 1. The molecule has 4 rings (SSSR count). The number of hydrogen-bond donors (Lipinski definition) is 5. The number of benzene rings is 4. The standard InChI is InChI=1S/C15H11NO7.C14H10N2O7/c17-12(5-8-1-3-9(4-2-8)15(20)21)10-6-11(16(22)23)14(19)13(18)7-10;17-12(6-8-3-1-2-4-10(8)15(20)21)9-5-11(16(22)23)14(19)13(18)7-9/h1-4,6-7,18-19H,5H2,(H,20,21);1-5,7,18-19H,6H2. The van der Waals surface area contributed by atoms with Crippen molar-refractivity contribution >= 4 is 34.6 Å². The van der Waals surface area contributed by atoms with Gasteiger partial charge in [0.1, 0.15) is 0 Å². The summed E-state index contributed by atoms with van der Waals surface area (Å²) in [5.41, 5.74) is -1.49. The van der Waals surface area contributed by atoms with E-state index in [-0.39, 0.29) is 40.8 Å². The number of Topliss-reactive ketones (excluding diaryl/α,β-unsaturated/α-hetero) is 2. The van der Waals surface area contributed by atoms with Gasteiger partial charge in [-0.05, 0) is 29.8 Å². The minimum atomic E-state index is -1.10. The number of nitrogens with zero attached hydrogens (tertiary/aromatic N) is 3. The Morgan fingerprint density at radius 1 is 0.565 bits per heavy atom. The largest absolute Gasteiger partial charge is 0.504 e. The van der Waals surface area contributed by atoms with Gasteiger partial charge in [0.05, 0.1) is 20.3 Å². The highest BCUT2D eigenvalue weighted by Crippen LogP contribution is 2.37. The summed E-state index contributed by atoms with van der Waals surface area (Å²) in [5, 5.41) is 79.0. The molecule has 236 valence electrons. The minimum absolute atomic E-state index is 0.0686. The van der Waals surface area contributed by atoms with Gasteiger partial charge in [-0.25, -0.2) is 4.79 Å². The molecule has 0 aromatic heterocycles. The summed E-state index contributed by atoms with van der Waals surface area (Å²) in [6, 6.07) is 14.7. The molecule has 0 radical (unpaired) electrons. The Kier molecular flexibility index (Phi) is 10.3. The second-order valence-corrected chi connectivity index (χ2v) is 9.33. The smallest absolute Gasteiger partial charge is 0.335 e. The van der Waals surface area contributed by atoms with Gasteiger partial charge < -0.3 is 25.5 Å². The number of rotatable bonds is 10. The molecule has 4 aromatic carbocycles. The summed E-state index contributed by atoms with van der Waals surface area (Å²) in [6.07, 6.45) is -0.514. The van der Waals surface area contributed by atoms with Gasteiger partial charge in [-0.2, -0.15) is 0 Å². The number of aromatic hydroxyl groups is 4. The lowest BCUT2D eigenvalue weighted by molar-refractivity contribution is -0.386. The summed E-state index contributed by atoms with van der Waals surface area (Å²) < 4.78 is 0. The number of carboxylic acid groups (broad SMARTS) is 1. The van der Waals surface area contributed by atoms with Crippen LogP contribution in [-0.2, 0) is 12.8 Å². The zero-order chi connectivity index (χ0) is 34.3. The first-order chi connectivity index (χ1) is 21.6. The van der Waals surface area contributed by atoms with Crippen LogP contribution in [0.4, 0.5) is 17.1 Å². The number of nitro groups is 3. The van der Waals surface area contributed by atoms with E-state index in [0.717, 1.165) is 24.3 Å². The Morgan fingerprint density at radius 3 is 1.43 bits per heavy atom. The fraction of sp³-hybridized carbons (Fsp3) is 0.0690. The van der Waals surface area contributed by atoms with Crippen LogP contribution < -0.4 is 0 Å². The van der Waals surface area contributed by atoms with Crippen LogP contribution >= 0.6 is 0 Å². The molecular formula is C29H21N3O14. The molecule has 5 N–H and O–H groups in total. The lowest BCUT2D eigenvalue weighted by Crippen LogP contribution is -2.06. The second-order valence-electron chi connectivity index (χ2n) is 9.33. The third-order valence-electron chi connectivity index (χ3n) is 6.28. The third kappa shape index (κ3) is 7.92. The molecule has 0 aliphatic carbocycles. The third-order valence-corrected chi connectivity index (χ3v) is 6.28. The molecule has 0 aliphatic rings. The van der Waals surface area contributed by atoms with E-state index in [1.807, 2.05) is 0 Å². The first-order valence-corrected chi connectivity index (χ1v) is 12.6. The molecule has 0 amide bonds. The number of carboxylic acids is 1. The molecule has 0 spiro atoms. The number of hydrogen-bond acceptors (Lipinski definition) is 13. The normalized spacial score (nSPS) is 10.3. The van der Waals surface area contributed by atoms with Crippen LogP contribution in [0.3, 0.4) is 0 Å². The van der Waals surface area contributed by atoms with Gasteiger partial charge in [0.15, 0.2) is 23.1 Å². The molecule has 4 aromatic rings. The Bertz CT molecular complexity index is 1890. The number of phenolic OH excluding ortho intramolecular Hbond substituents is 4. The summed E-state index contributed by atoms with van der Waals surface area (Å²) in [7, 11) is 0. The first kappa shape index (κ1) is 33.6. The van der Waals surface area contributed by atoms with Gasteiger partial charge in [0, 0.05) is 47.7 Å². The molecule has 17 nitrogen and oxygen atoms in total. The molecule has 0 atom stereocenters. The van der Waals surface area contributed by atoms with E-state index in [9.17, 15) is 65.2 Å². The lowest BCUT2D eigenvalue weighted by Gasteiger charge is -2.05. The predicted molar refractivity (Wildman–Crippen MR) is 155 cm³/mol. The quantitative estimate of drug-likeness (QED) is 0.0695. The number of ketones is 2. The van der Waals surface area contributed by atoms with Crippen molar-refractivity contribution in [2.24, 2.45) is 0 Å². The molecule has 0 heterocycles.